The van der Waals surface area contributed by atoms with E-state index >= 15 is 4.39 Å². The highest BCUT2D eigenvalue weighted by Gasteiger charge is 2.24. The molecule has 4 aromatic rings. The summed E-state index contributed by atoms with van der Waals surface area (Å²) in [6.07, 6.45) is 7.20. The number of benzene rings is 2. The molecule has 202 valence electrons. The van der Waals surface area contributed by atoms with Crippen molar-refractivity contribution >= 4 is 38.4 Å². The van der Waals surface area contributed by atoms with E-state index in [1.807, 2.05) is 0 Å². The number of nitrogens with one attached hydrogen (secondary N) is 1. The van der Waals surface area contributed by atoms with E-state index in [4.69, 9.17) is 14.2 Å². The topological polar surface area (TPSA) is 91.7 Å². The molecule has 1 aliphatic rings. The zero-order valence-corrected chi connectivity index (χ0v) is 23.3. The Hall–Kier alpha value is -3.92. The van der Waals surface area contributed by atoms with Gasteiger partial charge in [-0.25, -0.2) is 4.39 Å². The summed E-state index contributed by atoms with van der Waals surface area (Å²) < 4.78 is 34.0. The first-order chi connectivity index (χ1) is 18.8. The lowest BCUT2D eigenvalue weighted by molar-refractivity contribution is 0.102. The van der Waals surface area contributed by atoms with Crippen molar-refractivity contribution in [1.82, 2.24) is 9.55 Å². The van der Waals surface area contributed by atoms with E-state index < -0.39 is 11.7 Å². The Kier molecular flexibility index (Phi) is 7.56. The SMILES string of the molecule is COc1cc2nccc(Oc3ccc(NC(=O)c4c(C)c(Br)cn(C5CCCC5)c4=O)cc3F)c2cc1OC. The molecule has 2 aromatic carbocycles. The number of fused-ring (bicyclic) bond motifs is 1. The number of pyridine rings is 2. The van der Waals surface area contributed by atoms with Crippen LogP contribution in [0.4, 0.5) is 10.1 Å². The Morgan fingerprint density at radius 1 is 1.05 bits per heavy atom. The van der Waals surface area contributed by atoms with Crippen molar-refractivity contribution in [2.24, 2.45) is 0 Å². The summed E-state index contributed by atoms with van der Waals surface area (Å²) in [5, 5.41) is 3.27. The second kappa shape index (κ2) is 11.1. The summed E-state index contributed by atoms with van der Waals surface area (Å²) in [6.45, 7) is 1.71. The molecule has 1 aliphatic carbocycles. The molecule has 2 aromatic heterocycles. The smallest absolute Gasteiger partial charge is 0.264 e. The number of amides is 1. The van der Waals surface area contributed by atoms with Crippen molar-refractivity contribution in [2.75, 3.05) is 19.5 Å². The van der Waals surface area contributed by atoms with E-state index in [-0.39, 0.29) is 28.6 Å². The van der Waals surface area contributed by atoms with Gasteiger partial charge < -0.3 is 24.1 Å². The van der Waals surface area contributed by atoms with Crippen molar-refractivity contribution in [1.29, 1.82) is 0 Å². The molecule has 10 heteroatoms. The van der Waals surface area contributed by atoms with Crippen LogP contribution in [0.1, 0.15) is 47.6 Å². The minimum atomic E-state index is -0.687. The Morgan fingerprint density at radius 3 is 2.46 bits per heavy atom. The van der Waals surface area contributed by atoms with Crippen LogP contribution in [0.5, 0.6) is 23.0 Å². The molecular weight excluding hydrogens is 569 g/mol. The fourth-order valence-electron chi connectivity index (χ4n) is 4.92. The number of carbonyl (C=O) groups is 1. The zero-order valence-electron chi connectivity index (χ0n) is 21.7. The van der Waals surface area contributed by atoms with Gasteiger partial charge in [-0.05, 0) is 65.5 Å². The molecule has 39 heavy (non-hydrogen) atoms. The molecule has 0 spiro atoms. The molecule has 0 aliphatic heterocycles. The zero-order chi connectivity index (χ0) is 27.7. The van der Waals surface area contributed by atoms with E-state index in [0.29, 0.717) is 38.2 Å². The maximum atomic E-state index is 15.1. The largest absolute Gasteiger partial charge is 0.493 e. The summed E-state index contributed by atoms with van der Waals surface area (Å²) in [7, 11) is 3.05. The van der Waals surface area contributed by atoms with E-state index in [9.17, 15) is 9.59 Å². The summed E-state index contributed by atoms with van der Waals surface area (Å²) in [5.41, 5.74) is 0.995. The summed E-state index contributed by atoms with van der Waals surface area (Å²) in [4.78, 5) is 30.8. The number of hydrogen-bond acceptors (Lipinski definition) is 6. The average Bonchev–Trinajstić information content (AvgIpc) is 3.46. The van der Waals surface area contributed by atoms with Crippen LogP contribution in [0.15, 0.2) is 58.1 Å². The van der Waals surface area contributed by atoms with Gasteiger partial charge in [-0.15, -0.1) is 0 Å². The predicted octanol–water partition coefficient (Wildman–Crippen LogP) is 6.78. The van der Waals surface area contributed by atoms with Gasteiger partial charge in [0.05, 0.1) is 19.7 Å². The third-order valence-corrected chi connectivity index (χ3v) is 7.80. The molecule has 1 amide bonds. The Labute approximate surface area is 232 Å². The highest BCUT2D eigenvalue weighted by atomic mass is 79.9. The number of aromatic nitrogens is 2. The second-order valence-electron chi connectivity index (χ2n) is 9.36. The summed E-state index contributed by atoms with van der Waals surface area (Å²) in [5.74, 6) is 0.0338. The number of methoxy groups -OCH3 is 2. The Morgan fingerprint density at radius 2 is 1.77 bits per heavy atom. The number of carbonyl (C=O) groups excluding carboxylic acids is 1. The lowest BCUT2D eigenvalue weighted by Crippen LogP contribution is -2.32. The first-order valence-electron chi connectivity index (χ1n) is 12.5. The van der Waals surface area contributed by atoms with Crippen LogP contribution in [-0.4, -0.2) is 29.7 Å². The molecule has 0 saturated heterocycles. The number of anilines is 1. The molecule has 0 radical (unpaired) electrons. The van der Waals surface area contributed by atoms with Crippen LogP contribution in [0.3, 0.4) is 0 Å². The fourth-order valence-corrected chi connectivity index (χ4v) is 5.34. The lowest BCUT2D eigenvalue weighted by Gasteiger charge is -2.18. The Bertz CT molecular complexity index is 1630. The van der Waals surface area contributed by atoms with E-state index in [1.54, 1.807) is 42.1 Å². The van der Waals surface area contributed by atoms with E-state index in [2.05, 4.69) is 26.2 Å². The highest BCUT2D eigenvalue weighted by molar-refractivity contribution is 9.10. The molecule has 1 N–H and O–H groups in total. The maximum Gasteiger partial charge on any atom is 0.264 e. The van der Waals surface area contributed by atoms with Crippen LogP contribution >= 0.6 is 15.9 Å². The van der Waals surface area contributed by atoms with Gasteiger partial charge in [0.15, 0.2) is 23.1 Å². The van der Waals surface area contributed by atoms with E-state index in [0.717, 1.165) is 31.7 Å². The van der Waals surface area contributed by atoms with Crippen molar-refractivity contribution < 1.29 is 23.4 Å². The lowest BCUT2D eigenvalue weighted by atomic mass is 10.1. The van der Waals surface area contributed by atoms with E-state index in [1.165, 1.54) is 26.4 Å². The molecule has 0 bridgehead atoms. The van der Waals surface area contributed by atoms with Gasteiger partial charge in [-0.3, -0.25) is 14.6 Å². The summed E-state index contributed by atoms with van der Waals surface area (Å²) in [6, 6.07) is 9.20. The standard InChI is InChI=1S/C29H27BrFN3O5/c1-16-20(30)15-34(18-6-4-5-7-18)29(36)27(16)28(35)33-17-8-9-24(21(31)12-17)39-23-10-11-32-22-14-26(38-3)25(37-2)13-19(22)23/h8-15,18H,4-7H2,1-3H3,(H,33,35). The van der Waals surface area contributed by atoms with Crippen molar-refractivity contribution in [3.05, 3.63) is 80.6 Å². The van der Waals surface area contributed by atoms with Crippen LogP contribution in [0.25, 0.3) is 10.9 Å². The molecule has 8 nitrogen and oxygen atoms in total. The van der Waals surface area contributed by atoms with Crippen LogP contribution in [0.2, 0.25) is 0 Å². The van der Waals surface area contributed by atoms with Crippen LogP contribution in [-0.2, 0) is 0 Å². The van der Waals surface area contributed by atoms with Gasteiger partial charge >= 0.3 is 0 Å². The molecule has 1 fully saturated rings. The van der Waals surface area contributed by atoms with Crippen molar-refractivity contribution in [3.63, 3.8) is 0 Å². The maximum absolute atomic E-state index is 15.1. The first kappa shape index (κ1) is 26.7. The van der Waals surface area contributed by atoms with Gasteiger partial charge in [0.25, 0.3) is 11.5 Å². The number of hydrogen-bond donors (Lipinski definition) is 1. The predicted molar refractivity (Wildman–Crippen MR) is 150 cm³/mol. The van der Waals surface area contributed by atoms with Gasteiger partial charge in [-0.1, -0.05) is 12.8 Å². The molecule has 0 unspecified atom stereocenters. The average molecular weight is 596 g/mol. The van der Waals surface area contributed by atoms with Gasteiger partial charge in [0.1, 0.15) is 11.3 Å². The quantitative estimate of drug-likeness (QED) is 0.253. The van der Waals surface area contributed by atoms with Gasteiger partial charge in [0.2, 0.25) is 0 Å². The molecular formula is C29H27BrFN3O5. The molecule has 5 rings (SSSR count). The number of nitrogens with zero attached hydrogens (tertiary/aromatic N) is 2. The molecule has 0 atom stereocenters. The fraction of sp³-hybridized carbons (Fsp3) is 0.276. The highest BCUT2D eigenvalue weighted by Crippen LogP contribution is 2.37. The number of rotatable bonds is 7. The van der Waals surface area contributed by atoms with Crippen LogP contribution in [0, 0.1) is 12.7 Å². The van der Waals surface area contributed by atoms with Crippen LogP contribution < -0.4 is 25.1 Å². The molecule has 1 saturated carbocycles. The number of halogens is 2. The minimum Gasteiger partial charge on any atom is -0.493 e. The molecule has 2 heterocycles. The van der Waals surface area contributed by atoms with Gasteiger partial charge in [-0.2, -0.15) is 0 Å². The number of ether oxygens (including phenoxy) is 3. The normalized spacial score (nSPS) is 13.5. The minimum absolute atomic E-state index is 0.0321. The third-order valence-electron chi connectivity index (χ3n) is 7.00. The Balaban J connectivity index is 1.41. The third kappa shape index (κ3) is 5.21. The monoisotopic (exact) mass is 595 g/mol. The van der Waals surface area contributed by atoms with Crippen molar-refractivity contribution in [2.45, 2.75) is 38.6 Å². The summed E-state index contributed by atoms with van der Waals surface area (Å²) >= 11 is 3.48. The van der Waals surface area contributed by atoms with Gasteiger partial charge in [0, 0.05) is 46.1 Å². The van der Waals surface area contributed by atoms with Crippen molar-refractivity contribution in [3.8, 4) is 23.0 Å². The first-order valence-corrected chi connectivity index (χ1v) is 13.3. The second-order valence-corrected chi connectivity index (χ2v) is 10.2.